The molecule has 1 aromatic carbocycles. The first-order valence-electron chi connectivity index (χ1n) is 8.33. The van der Waals surface area contributed by atoms with Gasteiger partial charge >= 0.3 is 0 Å². The van der Waals surface area contributed by atoms with Gasteiger partial charge in [-0.3, -0.25) is 0 Å². The maximum absolute atomic E-state index is 6.19. The molecule has 118 valence electrons. The molecule has 0 saturated heterocycles. The lowest BCUT2D eigenvalue weighted by Crippen LogP contribution is -2.24. The van der Waals surface area contributed by atoms with Crippen LogP contribution in [0.5, 0.6) is 5.75 Å². The Morgan fingerprint density at radius 3 is 2.52 bits per heavy atom. The van der Waals surface area contributed by atoms with Gasteiger partial charge in [0.15, 0.2) is 0 Å². The summed E-state index contributed by atoms with van der Waals surface area (Å²) in [6.45, 7) is 4.42. The van der Waals surface area contributed by atoms with Crippen LogP contribution in [-0.4, -0.2) is 12.1 Å². The normalized spacial score (nSPS) is 23.8. The van der Waals surface area contributed by atoms with Gasteiger partial charge in [0.25, 0.3) is 0 Å². The average molecular weight is 354 g/mol. The van der Waals surface area contributed by atoms with E-state index >= 15 is 0 Å². The quantitative estimate of drug-likeness (QED) is 0.773. The molecule has 3 heteroatoms. The molecule has 0 heterocycles. The van der Waals surface area contributed by atoms with E-state index in [1.54, 1.807) is 0 Å². The fourth-order valence-electron chi connectivity index (χ4n) is 3.05. The summed E-state index contributed by atoms with van der Waals surface area (Å²) in [5.74, 6) is 1.88. The Morgan fingerprint density at radius 2 is 1.95 bits per heavy atom. The third-order valence-electron chi connectivity index (χ3n) is 4.68. The minimum Gasteiger partial charge on any atom is -0.489 e. The second-order valence-electron chi connectivity index (χ2n) is 6.31. The van der Waals surface area contributed by atoms with Crippen LogP contribution in [0.3, 0.4) is 0 Å². The van der Waals surface area contributed by atoms with Crippen LogP contribution < -0.4 is 10.5 Å². The molecule has 1 aliphatic carbocycles. The molecule has 0 bridgehead atoms. The van der Waals surface area contributed by atoms with E-state index in [0.717, 1.165) is 29.0 Å². The van der Waals surface area contributed by atoms with E-state index in [1.807, 2.05) is 0 Å². The summed E-state index contributed by atoms with van der Waals surface area (Å²) < 4.78 is 7.24. The molecule has 2 rings (SSSR count). The monoisotopic (exact) mass is 353 g/mol. The van der Waals surface area contributed by atoms with Gasteiger partial charge in [-0.2, -0.15) is 0 Å². The minimum absolute atomic E-state index is 0.244. The van der Waals surface area contributed by atoms with Crippen molar-refractivity contribution in [2.75, 3.05) is 0 Å². The predicted molar refractivity (Wildman–Crippen MR) is 92.8 cm³/mol. The van der Waals surface area contributed by atoms with Crippen LogP contribution in [0.1, 0.15) is 57.9 Å². The van der Waals surface area contributed by atoms with Crippen LogP contribution in [0.4, 0.5) is 0 Å². The summed E-state index contributed by atoms with van der Waals surface area (Å²) in [4.78, 5) is 0. The van der Waals surface area contributed by atoms with Crippen molar-refractivity contribution in [2.45, 2.75) is 70.9 Å². The standard InChI is InChI=1S/C18H28BrNO/c1-3-13-5-8-16(9-6-13)21-18-10-7-14(12-17(18)19)11-15(20)4-2/h7,10,12-13,15-16H,3-6,8-9,11,20H2,1-2H3. The van der Waals surface area contributed by atoms with E-state index in [4.69, 9.17) is 10.5 Å². The van der Waals surface area contributed by atoms with Gasteiger partial charge < -0.3 is 10.5 Å². The summed E-state index contributed by atoms with van der Waals surface area (Å²) in [6, 6.07) is 6.64. The highest BCUT2D eigenvalue weighted by Crippen LogP contribution is 2.33. The summed E-state index contributed by atoms with van der Waals surface area (Å²) in [5.41, 5.74) is 7.30. The number of hydrogen-bond donors (Lipinski definition) is 1. The average Bonchev–Trinajstić information content (AvgIpc) is 2.50. The lowest BCUT2D eigenvalue weighted by molar-refractivity contribution is 0.129. The fourth-order valence-corrected chi connectivity index (χ4v) is 3.57. The summed E-state index contributed by atoms with van der Waals surface area (Å²) in [5, 5.41) is 0. The van der Waals surface area contributed by atoms with Gasteiger partial charge in [0.2, 0.25) is 0 Å². The molecule has 0 amide bonds. The Balaban J connectivity index is 1.92. The highest BCUT2D eigenvalue weighted by molar-refractivity contribution is 9.10. The molecular formula is C18H28BrNO. The van der Waals surface area contributed by atoms with Crippen molar-refractivity contribution in [2.24, 2.45) is 11.7 Å². The highest BCUT2D eigenvalue weighted by atomic mass is 79.9. The van der Waals surface area contributed by atoms with Crippen LogP contribution >= 0.6 is 15.9 Å². The maximum Gasteiger partial charge on any atom is 0.133 e. The molecule has 2 nitrogen and oxygen atoms in total. The topological polar surface area (TPSA) is 35.2 Å². The van der Waals surface area contributed by atoms with Gasteiger partial charge in [0.1, 0.15) is 5.75 Å². The summed E-state index contributed by atoms with van der Waals surface area (Å²) in [7, 11) is 0. The van der Waals surface area contributed by atoms with Gasteiger partial charge in [0.05, 0.1) is 10.6 Å². The van der Waals surface area contributed by atoms with Crippen molar-refractivity contribution in [1.82, 2.24) is 0 Å². The van der Waals surface area contributed by atoms with E-state index in [0.29, 0.717) is 6.10 Å². The third-order valence-corrected chi connectivity index (χ3v) is 5.30. The second kappa shape index (κ2) is 8.19. The van der Waals surface area contributed by atoms with Crippen molar-refractivity contribution in [3.05, 3.63) is 28.2 Å². The molecule has 1 unspecified atom stereocenters. The van der Waals surface area contributed by atoms with Crippen molar-refractivity contribution in [3.8, 4) is 5.75 Å². The molecule has 0 radical (unpaired) electrons. The third kappa shape index (κ3) is 5.00. The Morgan fingerprint density at radius 1 is 1.24 bits per heavy atom. The number of ether oxygens (including phenoxy) is 1. The molecule has 1 aliphatic rings. The molecule has 21 heavy (non-hydrogen) atoms. The van der Waals surface area contributed by atoms with Crippen molar-refractivity contribution in [1.29, 1.82) is 0 Å². The van der Waals surface area contributed by atoms with E-state index in [-0.39, 0.29) is 6.04 Å². The Bertz CT molecular complexity index is 441. The number of hydrogen-bond acceptors (Lipinski definition) is 2. The summed E-state index contributed by atoms with van der Waals surface area (Å²) >= 11 is 3.65. The van der Waals surface area contributed by atoms with E-state index in [1.165, 1.54) is 37.7 Å². The van der Waals surface area contributed by atoms with Crippen molar-refractivity contribution in [3.63, 3.8) is 0 Å². The van der Waals surface area contributed by atoms with Gasteiger partial charge in [-0.1, -0.05) is 26.3 Å². The van der Waals surface area contributed by atoms with E-state index in [2.05, 4.69) is 48.0 Å². The van der Waals surface area contributed by atoms with Crippen LogP contribution in [0.2, 0.25) is 0 Å². The lowest BCUT2D eigenvalue weighted by atomic mass is 9.86. The smallest absolute Gasteiger partial charge is 0.133 e. The first kappa shape index (κ1) is 16.8. The van der Waals surface area contributed by atoms with Crippen LogP contribution in [0.25, 0.3) is 0 Å². The fraction of sp³-hybridized carbons (Fsp3) is 0.667. The number of nitrogens with two attached hydrogens (primary N) is 1. The molecular weight excluding hydrogens is 326 g/mol. The molecule has 1 aromatic rings. The number of halogens is 1. The molecule has 1 atom stereocenters. The number of rotatable bonds is 6. The molecule has 2 N–H and O–H groups in total. The van der Waals surface area contributed by atoms with Gasteiger partial charge in [-0.15, -0.1) is 0 Å². The van der Waals surface area contributed by atoms with Crippen molar-refractivity contribution < 1.29 is 4.74 Å². The first-order chi connectivity index (χ1) is 10.1. The summed E-state index contributed by atoms with van der Waals surface area (Å²) in [6.07, 6.45) is 8.62. The largest absolute Gasteiger partial charge is 0.489 e. The maximum atomic E-state index is 6.19. The molecule has 1 fully saturated rings. The zero-order valence-corrected chi connectivity index (χ0v) is 14.9. The van der Waals surface area contributed by atoms with Crippen molar-refractivity contribution >= 4 is 15.9 Å². The first-order valence-corrected chi connectivity index (χ1v) is 9.12. The lowest BCUT2D eigenvalue weighted by Gasteiger charge is -2.28. The zero-order chi connectivity index (χ0) is 15.2. The molecule has 0 aromatic heterocycles. The van der Waals surface area contributed by atoms with Gasteiger partial charge in [-0.25, -0.2) is 0 Å². The zero-order valence-electron chi connectivity index (χ0n) is 13.3. The van der Waals surface area contributed by atoms with E-state index < -0.39 is 0 Å². The van der Waals surface area contributed by atoms with Crippen LogP contribution in [-0.2, 0) is 6.42 Å². The van der Waals surface area contributed by atoms with Gasteiger partial charge in [0, 0.05) is 6.04 Å². The predicted octanol–water partition coefficient (Wildman–Crippen LogP) is 5.08. The Kier molecular flexibility index (Phi) is 6.56. The SMILES string of the molecule is CCC(N)Cc1ccc(OC2CCC(CC)CC2)c(Br)c1. The van der Waals surface area contributed by atoms with Crippen LogP contribution in [0, 0.1) is 5.92 Å². The number of benzene rings is 1. The molecule has 0 aliphatic heterocycles. The Hall–Kier alpha value is -0.540. The minimum atomic E-state index is 0.244. The highest BCUT2D eigenvalue weighted by Gasteiger charge is 2.21. The van der Waals surface area contributed by atoms with Crippen LogP contribution in [0.15, 0.2) is 22.7 Å². The second-order valence-corrected chi connectivity index (χ2v) is 7.16. The molecule has 1 saturated carbocycles. The van der Waals surface area contributed by atoms with E-state index in [9.17, 15) is 0 Å². The molecule has 0 spiro atoms. The Labute approximate surface area is 137 Å². The van der Waals surface area contributed by atoms with Gasteiger partial charge in [-0.05, 0) is 78.1 Å².